The van der Waals surface area contributed by atoms with Crippen molar-refractivity contribution in [2.24, 2.45) is 0 Å². The summed E-state index contributed by atoms with van der Waals surface area (Å²) in [5, 5.41) is 21.7. The van der Waals surface area contributed by atoms with Gasteiger partial charge in [-0.25, -0.2) is 4.79 Å². The molecule has 2 rings (SSSR count). The lowest BCUT2D eigenvalue weighted by Gasteiger charge is -2.33. The molecular formula is C19H21N3O2. The fourth-order valence-corrected chi connectivity index (χ4v) is 2.31. The molecule has 0 radical (unpaired) electrons. The van der Waals surface area contributed by atoms with Crippen LogP contribution < -0.4 is 5.32 Å². The maximum Gasteiger partial charge on any atom is 0.408 e. The molecule has 2 N–H and O–H groups in total. The van der Waals surface area contributed by atoms with Crippen molar-refractivity contribution in [1.82, 2.24) is 4.90 Å². The summed E-state index contributed by atoms with van der Waals surface area (Å²) in [5.74, 6) is 0. The molecule has 0 saturated heterocycles. The minimum atomic E-state index is -0.937. The van der Waals surface area contributed by atoms with Gasteiger partial charge >= 0.3 is 6.09 Å². The number of anilines is 2. The quantitative estimate of drug-likeness (QED) is 0.863. The first-order valence-electron chi connectivity index (χ1n) is 7.67. The van der Waals surface area contributed by atoms with Crippen LogP contribution in [0.3, 0.4) is 0 Å². The van der Waals surface area contributed by atoms with E-state index in [1.54, 1.807) is 6.07 Å². The summed E-state index contributed by atoms with van der Waals surface area (Å²) in [6.45, 7) is 5.94. The molecule has 2 aromatic carbocycles. The number of hydrogen-bond acceptors (Lipinski definition) is 3. The molecule has 0 unspecified atom stereocenters. The van der Waals surface area contributed by atoms with Crippen LogP contribution in [-0.4, -0.2) is 21.6 Å². The Bertz CT molecular complexity index is 755. The molecule has 0 aromatic heterocycles. The van der Waals surface area contributed by atoms with Crippen LogP contribution >= 0.6 is 0 Å². The molecule has 0 aliphatic carbocycles. The minimum absolute atomic E-state index is 0.327. The highest BCUT2D eigenvalue weighted by atomic mass is 16.4. The van der Waals surface area contributed by atoms with Crippen LogP contribution in [0.1, 0.15) is 31.9 Å². The van der Waals surface area contributed by atoms with E-state index < -0.39 is 11.6 Å². The van der Waals surface area contributed by atoms with Gasteiger partial charge in [0, 0.05) is 17.8 Å². The molecule has 5 nitrogen and oxygen atoms in total. The normalized spacial score (nSPS) is 10.8. The number of carboxylic acid groups (broad SMARTS) is 1. The van der Waals surface area contributed by atoms with Gasteiger partial charge in [-0.1, -0.05) is 24.3 Å². The third kappa shape index (κ3) is 4.26. The van der Waals surface area contributed by atoms with Crippen LogP contribution in [0.25, 0.3) is 0 Å². The van der Waals surface area contributed by atoms with Crippen molar-refractivity contribution in [2.75, 3.05) is 5.32 Å². The highest BCUT2D eigenvalue weighted by Crippen LogP contribution is 2.22. The van der Waals surface area contributed by atoms with Gasteiger partial charge in [-0.05, 0) is 50.6 Å². The average Bonchev–Trinajstić information content (AvgIpc) is 2.53. The van der Waals surface area contributed by atoms with E-state index in [0.29, 0.717) is 12.1 Å². The van der Waals surface area contributed by atoms with Crippen LogP contribution in [0.4, 0.5) is 16.2 Å². The maximum absolute atomic E-state index is 11.4. The summed E-state index contributed by atoms with van der Waals surface area (Å²) >= 11 is 0. The van der Waals surface area contributed by atoms with Crippen LogP contribution in [0.2, 0.25) is 0 Å². The Morgan fingerprint density at radius 3 is 2.33 bits per heavy atom. The van der Waals surface area contributed by atoms with Crippen molar-refractivity contribution in [3.8, 4) is 6.07 Å². The van der Waals surface area contributed by atoms with Gasteiger partial charge in [0.2, 0.25) is 0 Å². The van der Waals surface area contributed by atoms with Crippen LogP contribution in [0, 0.1) is 11.3 Å². The molecule has 0 aliphatic heterocycles. The number of para-hydroxylation sites is 1. The first-order valence-corrected chi connectivity index (χ1v) is 7.67. The van der Waals surface area contributed by atoms with Crippen molar-refractivity contribution < 1.29 is 9.90 Å². The summed E-state index contributed by atoms with van der Waals surface area (Å²) in [6, 6.07) is 17.0. The van der Waals surface area contributed by atoms with Crippen LogP contribution in [0.5, 0.6) is 0 Å². The Morgan fingerprint density at radius 1 is 1.17 bits per heavy atom. The number of rotatable bonds is 4. The molecule has 0 fully saturated rings. The highest BCUT2D eigenvalue weighted by Gasteiger charge is 2.25. The Balaban J connectivity index is 2.13. The van der Waals surface area contributed by atoms with Crippen LogP contribution in [0.15, 0.2) is 48.5 Å². The van der Waals surface area contributed by atoms with E-state index in [4.69, 9.17) is 5.26 Å². The molecule has 1 amide bonds. The van der Waals surface area contributed by atoms with E-state index >= 15 is 0 Å². The number of carbonyl (C=O) groups is 1. The van der Waals surface area contributed by atoms with E-state index in [1.807, 2.05) is 63.2 Å². The average molecular weight is 323 g/mol. The minimum Gasteiger partial charge on any atom is -0.465 e. The maximum atomic E-state index is 11.4. The zero-order chi connectivity index (χ0) is 17.7. The molecule has 0 aliphatic rings. The van der Waals surface area contributed by atoms with E-state index in [0.717, 1.165) is 16.9 Å². The molecule has 0 heterocycles. The number of amides is 1. The second-order valence-electron chi connectivity index (χ2n) is 6.52. The fourth-order valence-electron chi connectivity index (χ4n) is 2.31. The lowest BCUT2D eigenvalue weighted by atomic mass is 10.1. The lowest BCUT2D eigenvalue weighted by molar-refractivity contribution is 0.0956. The Labute approximate surface area is 142 Å². The zero-order valence-electron chi connectivity index (χ0n) is 14.1. The van der Waals surface area contributed by atoms with Crippen LogP contribution in [-0.2, 0) is 6.54 Å². The zero-order valence-corrected chi connectivity index (χ0v) is 14.1. The monoisotopic (exact) mass is 323 g/mol. The van der Waals surface area contributed by atoms with Crippen molar-refractivity contribution in [2.45, 2.75) is 32.9 Å². The van der Waals surface area contributed by atoms with E-state index in [9.17, 15) is 9.90 Å². The first kappa shape index (κ1) is 17.4. The number of nitriles is 1. The summed E-state index contributed by atoms with van der Waals surface area (Å²) < 4.78 is 0. The second kappa shape index (κ2) is 7.05. The topological polar surface area (TPSA) is 76.4 Å². The molecule has 0 bridgehead atoms. The predicted molar refractivity (Wildman–Crippen MR) is 94.2 cm³/mol. The third-order valence-corrected chi connectivity index (χ3v) is 3.66. The third-order valence-electron chi connectivity index (χ3n) is 3.66. The number of nitrogens with zero attached hydrogens (tertiary/aromatic N) is 2. The van der Waals surface area contributed by atoms with Gasteiger partial charge in [-0.3, -0.25) is 4.90 Å². The summed E-state index contributed by atoms with van der Waals surface area (Å²) in [7, 11) is 0. The summed E-state index contributed by atoms with van der Waals surface area (Å²) in [6.07, 6.45) is -0.937. The fraction of sp³-hybridized carbons (Fsp3) is 0.263. The number of hydrogen-bond donors (Lipinski definition) is 2. The van der Waals surface area contributed by atoms with Gasteiger partial charge in [-0.2, -0.15) is 5.26 Å². The molecule has 5 heteroatoms. The summed E-state index contributed by atoms with van der Waals surface area (Å²) in [5.41, 5.74) is 2.61. The SMILES string of the molecule is CC(C)(C)N(Cc1ccc(Nc2ccccc2C#N)cc1)C(=O)O. The van der Waals surface area contributed by atoms with Crippen molar-refractivity contribution >= 4 is 17.5 Å². The summed E-state index contributed by atoms with van der Waals surface area (Å²) in [4.78, 5) is 12.8. The smallest absolute Gasteiger partial charge is 0.408 e. The van der Waals surface area contributed by atoms with Gasteiger partial charge in [0.25, 0.3) is 0 Å². The van der Waals surface area contributed by atoms with Gasteiger partial charge < -0.3 is 10.4 Å². The van der Waals surface area contributed by atoms with Crippen molar-refractivity contribution in [3.63, 3.8) is 0 Å². The lowest BCUT2D eigenvalue weighted by Crippen LogP contribution is -2.44. The van der Waals surface area contributed by atoms with Gasteiger partial charge in [0.05, 0.1) is 11.3 Å². The molecule has 0 atom stereocenters. The van der Waals surface area contributed by atoms with Gasteiger partial charge in [0.1, 0.15) is 6.07 Å². The predicted octanol–water partition coefficient (Wildman–Crippen LogP) is 4.58. The van der Waals surface area contributed by atoms with E-state index in [2.05, 4.69) is 11.4 Å². The van der Waals surface area contributed by atoms with Gasteiger partial charge in [-0.15, -0.1) is 0 Å². The van der Waals surface area contributed by atoms with Crippen molar-refractivity contribution in [1.29, 1.82) is 5.26 Å². The Hall–Kier alpha value is -3.00. The Morgan fingerprint density at radius 2 is 1.79 bits per heavy atom. The van der Waals surface area contributed by atoms with Crippen molar-refractivity contribution in [3.05, 3.63) is 59.7 Å². The van der Waals surface area contributed by atoms with E-state index in [-0.39, 0.29) is 0 Å². The number of benzene rings is 2. The molecule has 24 heavy (non-hydrogen) atoms. The van der Waals surface area contributed by atoms with Gasteiger partial charge in [0.15, 0.2) is 0 Å². The molecular weight excluding hydrogens is 302 g/mol. The molecule has 124 valence electrons. The molecule has 2 aromatic rings. The largest absolute Gasteiger partial charge is 0.465 e. The molecule has 0 spiro atoms. The van der Waals surface area contributed by atoms with E-state index in [1.165, 1.54) is 4.90 Å². The standard InChI is InChI=1S/C19H21N3O2/c1-19(2,3)22(18(23)24)13-14-8-10-16(11-9-14)21-17-7-5-4-6-15(17)12-20/h4-11,21H,13H2,1-3H3,(H,23,24). The number of nitrogens with one attached hydrogen (secondary N) is 1. The second-order valence-corrected chi connectivity index (χ2v) is 6.52. The molecule has 0 saturated carbocycles. The highest BCUT2D eigenvalue weighted by molar-refractivity contribution is 5.67. The first-order chi connectivity index (χ1) is 11.3. The Kier molecular flexibility index (Phi) is 5.10.